The first kappa shape index (κ1) is 21.1. The normalized spacial score (nSPS) is 14.5. The molecule has 1 aromatic heterocycles. The van der Waals surface area contributed by atoms with Crippen LogP contribution in [0.5, 0.6) is 0 Å². The van der Waals surface area contributed by atoms with E-state index in [-0.39, 0.29) is 23.0 Å². The first-order valence-electron chi connectivity index (χ1n) is 9.74. The maximum atomic E-state index is 14.2. The first-order valence-corrected chi connectivity index (χ1v) is 10.5. The highest BCUT2D eigenvalue weighted by Crippen LogP contribution is 2.35. The molecule has 1 aliphatic heterocycles. The van der Waals surface area contributed by atoms with Gasteiger partial charge in [0.05, 0.1) is 10.6 Å². The van der Waals surface area contributed by atoms with E-state index in [0.29, 0.717) is 17.6 Å². The second-order valence-electron chi connectivity index (χ2n) is 7.15. The maximum absolute atomic E-state index is 14.2. The molecule has 3 aromatic rings. The Bertz CT molecular complexity index is 1080. The first-order chi connectivity index (χ1) is 15.0. The van der Waals surface area contributed by atoms with E-state index in [1.807, 2.05) is 23.1 Å². The highest BCUT2D eigenvalue weighted by atomic mass is 79.9. The number of hydrogen-bond donors (Lipinski definition) is 1. The van der Waals surface area contributed by atoms with Crippen LogP contribution in [0.1, 0.15) is 5.56 Å². The molecule has 1 aliphatic rings. The molecule has 31 heavy (non-hydrogen) atoms. The van der Waals surface area contributed by atoms with Crippen molar-refractivity contribution < 1.29 is 9.31 Å². The van der Waals surface area contributed by atoms with E-state index >= 15 is 0 Å². The van der Waals surface area contributed by atoms with Gasteiger partial charge in [0.2, 0.25) is 11.6 Å². The molecule has 0 unspecified atom stereocenters. The third kappa shape index (κ3) is 4.97. The largest absolute Gasteiger partial charge is 0.353 e. The Hall–Kier alpha value is -3.11. The van der Waals surface area contributed by atoms with Crippen molar-refractivity contribution in [1.29, 1.82) is 0 Å². The van der Waals surface area contributed by atoms with Gasteiger partial charge in [0.25, 0.3) is 0 Å². The predicted octanol–water partition coefficient (Wildman–Crippen LogP) is 4.35. The minimum atomic E-state index is -0.543. The van der Waals surface area contributed by atoms with Crippen molar-refractivity contribution in [3.05, 3.63) is 80.8 Å². The molecular formula is C21H20BrFN6O2. The fraction of sp³-hybridized carbons (Fsp3) is 0.238. The summed E-state index contributed by atoms with van der Waals surface area (Å²) >= 11 is 3.20. The van der Waals surface area contributed by atoms with Gasteiger partial charge in [0, 0.05) is 37.2 Å². The smallest absolute Gasteiger partial charge is 0.348 e. The van der Waals surface area contributed by atoms with Crippen LogP contribution < -0.4 is 10.2 Å². The molecular weight excluding hydrogens is 467 g/mol. The molecule has 160 valence electrons. The van der Waals surface area contributed by atoms with E-state index in [2.05, 4.69) is 48.2 Å². The summed E-state index contributed by atoms with van der Waals surface area (Å²) in [4.78, 5) is 23.7. The molecule has 0 saturated carbocycles. The summed E-state index contributed by atoms with van der Waals surface area (Å²) in [6, 6.07) is 14.6. The van der Waals surface area contributed by atoms with Crippen molar-refractivity contribution in [3.63, 3.8) is 0 Å². The highest BCUT2D eigenvalue weighted by molar-refractivity contribution is 9.10. The average molecular weight is 487 g/mol. The third-order valence-electron chi connectivity index (χ3n) is 5.09. The molecule has 0 amide bonds. The lowest BCUT2D eigenvalue weighted by Gasteiger charge is -2.35. The van der Waals surface area contributed by atoms with Crippen molar-refractivity contribution in [3.8, 4) is 0 Å². The van der Waals surface area contributed by atoms with Gasteiger partial charge < -0.3 is 10.2 Å². The molecule has 0 bridgehead atoms. The lowest BCUT2D eigenvalue weighted by Crippen LogP contribution is -2.46. The van der Waals surface area contributed by atoms with E-state index in [1.54, 1.807) is 6.07 Å². The quantitative estimate of drug-likeness (QED) is 0.409. The summed E-state index contributed by atoms with van der Waals surface area (Å²) in [6.07, 6.45) is 1.26. The molecule has 1 fully saturated rings. The Labute approximate surface area is 187 Å². The molecule has 2 aromatic carbocycles. The van der Waals surface area contributed by atoms with Gasteiger partial charge in [-0.3, -0.25) is 15.0 Å². The van der Waals surface area contributed by atoms with Crippen molar-refractivity contribution >= 4 is 38.9 Å². The zero-order valence-electron chi connectivity index (χ0n) is 16.5. The van der Waals surface area contributed by atoms with Gasteiger partial charge in [0.15, 0.2) is 0 Å². The number of benzene rings is 2. The van der Waals surface area contributed by atoms with Crippen LogP contribution in [0.3, 0.4) is 0 Å². The van der Waals surface area contributed by atoms with E-state index in [1.165, 1.54) is 24.0 Å². The topological polar surface area (TPSA) is 87.4 Å². The van der Waals surface area contributed by atoms with Gasteiger partial charge in [0.1, 0.15) is 12.1 Å². The number of halogens is 2. The molecule has 1 saturated heterocycles. The molecule has 0 aliphatic carbocycles. The Morgan fingerprint density at radius 2 is 1.84 bits per heavy atom. The summed E-state index contributed by atoms with van der Waals surface area (Å²) in [5.41, 5.74) is 1.07. The van der Waals surface area contributed by atoms with Crippen molar-refractivity contribution in [2.75, 3.05) is 36.4 Å². The van der Waals surface area contributed by atoms with Crippen molar-refractivity contribution in [2.24, 2.45) is 0 Å². The predicted molar refractivity (Wildman–Crippen MR) is 120 cm³/mol. The number of hydrogen-bond acceptors (Lipinski definition) is 7. The maximum Gasteiger partial charge on any atom is 0.353 e. The van der Waals surface area contributed by atoms with Crippen LogP contribution in [-0.4, -0.2) is 46.0 Å². The summed E-state index contributed by atoms with van der Waals surface area (Å²) in [7, 11) is 0. The minimum absolute atomic E-state index is 0.0389. The monoisotopic (exact) mass is 486 g/mol. The Balaban J connectivity index is 1.52. The van der Waals surface area contributed by atoms with Crippen LogP contribution in [0.2, 0.25) is 0 Å². The Kier molecular flexibility index (Phi) is 6.38. The zero-order chi connectivity index (χ0) is 21.8. The van der Waals surface area contributed by atoms with Crippen LogP contribution in [-0.2, 0) is 6.54 Å². The fourth-order valence-electron chi connectivity index (χ4n) is 3.54. The van der Waals surface area contributed by atoms with E-state index in [9.17, 15) is 14.5 Å². The van der Waals surface area contributed by atoms with Crippen LogP contribution >= 0.6 is 15.9 Å². The number of aromatic nitrogens is 2. The Morgan fingerprint density at radius 3 is 2.52 bits per heavy atom. The van der Waals surface area contributed by atoms with Crippen LogP contribution in [0.25, 0.3) is 0 Å². The molecule has 4 rings (SSSR count). The molecule has 0 spiro atoms. The number of nitrogens with one attached hydrogen (secondary N) is 1. The highest BCUT2D eigenvalue weighted by Gasteiger charge is 2.29. The standard InChI is InChI=1S/C21H20BrFN6O2/c22-16-6-7-18(17(23)12-16)26-20-19(29(30)31)21(25-14-24-20)28-10-8-27(9-11-28)13-15-4-2-1-3-5-15/h1-7,12,14H,8-11,13H2,(H,24,25,26). The van der Waals surface area contributed by atoms with Gasteiger partial charge in [-0.2, -0.15) is 0 Å². The average Bonchev–Trinajstić information content (AvgIpc) is 2.77. The van der Waals surface area contributed by atoms with Gasteiger partial charge in [-0.15, -0.1) is 0 Å². The molecule has 0 atom stereocenters. The second-order valence-corrected chi connectivity index (χ2v) is 8.07. The SMILES string of the molecule is O=[N+]([O-])c1c(Nc2ccc(Br)cc2F)ncnc1N1CCN(Cc2ccccc2)CC1. The summed E-state index contributed by atoms with van der Waals surface area (Å²) in [6.45, 7) is 3.52. The van der Waals surface area contributed by atoms with Gasteiger partial charge >= 0.3 is 5.69 Å². The summed E-state index contributed by atoms with van der Waals surface area (Å²) in [5, 5.41) is 14.6. The zero-order valence-corrected chi connectivity index (χ0v) is 18.1. The lowest BCUT2D eigenvalue weighted by atomic mass is 10.2. The van der Waals surface area contributed by atoms with Gasteiger partial charge in [-0.1, -0.05) is 46.3 Å². The van der Waals surface area contributed by atoms with E-state index in [4.69, 9.17) is 0 Å². The van der Waals surface area contributed by atoms with Crippen molar-refractivity contribution in [1.82, 2.24) is 14.9 Å². The fourth-order valence-corrected chi connectivity index (χ4v) is 3.87. The summed E-state index contributed by atoms with van der Waals surface area (Å²) in [5.74, 6) is -0.347. The Morgan fingerprint density at radius 1 is 1.10 bits per heavy atom. The number of piperazine rings is 1. The molecule has 2 heterocycles. The second kappa shape index (κ2) is 9.36. The molecule has 0 radical (unpaired) electrons. The number of rotatable bonds is 6. The number of nitro groups is 1. The van der Waals surface area contributed by atoms with Gasteiger partial charge in [-0.25, -0.2) is 14.4 Å². The number of nitrogens with zero attached hydrogens (tertiary/aromatic N) is 5. The molecule has 10 heteroatoms. The summed E-state index contributed by atoms with van der Waals surface area (Å²) < 4.78 is 14.8. The van der Waals surface area contributed by atoms with Gasteiger partial charge in [-0.05, 0) is 23.8 Å². The van der Waals surface area contributed by atoms with Crippen LogP contribution in [0.4, 0.5) is 27.4 Å². The number of anilines is 3. The van der Waals surface area contributed by atoms with Crippen LogP contribution in [0.15, 0.2) is 59.3 Å². The third-order valence-corrected chi connectivity index (χ3v) is 5.58. The molecule has 1 N–H and O–H groups in total. The van der Waals surface area contributed by atoms with Crippen LogP contribution in [0, 0.1) is 15.9 Å². The molecule has 8 nitrogen and oxygen atoms in total. The van der Waals surface area contributed by atoms with E-state index < -0.39 is 10.7 Å². The van der Waals surface area contributed by atoms with E-state index in [0.717, 1.165) is 19.6 Å². The lowest BCUT2D eigenvalue weighted by molar-refractivity contribution is -0.383. The minimum Gasteiger partial charge on any atom is -0.348 e. The van der Waals surface area contributed by atoms with Crippen molar-refractivity contribution in [2.45, 2.75) is 6.54 Å².